The van der Waals surface area contributed by atoms with Gasteiger partial charge < -0.3 is 10.6 Å². The van der Waals surface area contributed by atoms with E-state index in [1.54, 1.807) is 19.9 Å². The number of carbonyl (C=O) groups excluding carboxylic acids is 2. The maximum Gasteiger partial charge on any atom is 0.251 e. The van der Waals surface area contributed by atoms with Crippen molar-refractivity contribution in [3.8, 4) is 0 Å². The van der Waals surface area contributed by atoms with E-state index in [2.05, 4.69) is 10.6 Å². The smallest absolute Gasteiger partial charge is 0.251 e. The Morgan fingerprint density at radius 3 is 2.21 bits per heavy atom. The minimum Gasteiger partial charge on any atom is -0.343 e. The molecule has 0 radical (unpaired) electrons. The molecule has 0 aromatic heterocycles. The fourth-order valence-corrected chi connectivity index (χ4v) is 4.14. The Bertz CT molecular complexity index is 936. The second kappa shape index (κ2) is 9.48. The summed E-state index contributed by atoms with van der Waals surface area (Å²) >= 11 is 0. The van der Waals surface area contributed by atoms with Crippen LogP contribution in [-0.4, -0.2) is 44.2 Å². The fraction of sp³-hybridized carbons (Fsp3) is 0.300. The van der Waals surface area contributed by atoms with Crippen LogP contribution in [0.15, 0.2) is 53.4 Å². The zero-order valence-corrected chi connectivity index (χ0v) is 17.0. The summed E-state index contributed by atoms with van der Waals surface area (Å²) in [6.07, 6.45) is 0. The summed E-state index contributed by atoms with van der Waals surface area (Å²) in [5.41, 5.74) is 1.95. The molecule has 8 heteroatoms. The maximum absolute atomic E-state index is 12.5. The molecule has 0 aliphatic rings. The van der Waals surface area contributed by atoms with Gasteiger partial charge in [-0.2, -0.15) is 4.31 Å². The quantitative estimate of drug-likeness (QED) is 0.707. The third-order valence-corrected chi connectivity index (χ3v) is 6.24. The van der Waals surface area contributed by atoms with Crippen molar-refractivity contribution in [1.29, 1.82) is 0 Å². The molecular formula is C20H25N3O4S. The van der Waals surface area contributed by atoms with E-state index >= 15 is 0 Å². The summed E-state index contributed by atoms with van der Waals surface area (Å²) in [6, 6.07) is 13.0. The Hall–Kier alpha value is -2.71. The van der Waals surface area contributed by atoms with Gasteiger partial charge in [-0.3, -0.25) is 9.59 Å². The third-order valence-electron chi connectivity index (χ3n) is 4.17. The van der Waals surface area contributed by atoms with Crippen molar-refractivity contribution in [3.05, 3.63) is 59.7 Å². The van der Waals surface area contributed by atoms with Crippen LogP contribution in [0.4, 0.5) is 5.69 Å². The van der Waals surface area contributed by atoms with E-state index in [9.17, 15) is 18.0 Å². The Labute approximate surface area is 165 Å². The van der Waals surface area contributed by atoms with Gasteiger partial charge in [0.05, 0.1) is 11.4 Å². The molecule has 0 fully saturated rings. The monoisotopic (exact) mass is 403 g/mol. The Morgan fingerprint density at radius 2 is 1.64 bits per heavy atom. The molecule has 0 heterocycles. The molecule has 0 saturated heterocycles. The lowest BCUT2D eigenvalue weighted by atomic mass is 10.2. The molecule has 0 saturated carbocycles. The standard InChI is InChI=1S/C20H25N3O4S/c1-4-23(5-2)28(26,27)18-11-9-16(10-12-18)20(25)21-14-19(24)22-17-8-6-7-15(3)13-17/h6-13H,4-5,14H2,1-3H3,(H,21,25)(H,22,24). The highest BCUT2D eigenvalue weighted by Crippen LogP contribution is 2.16. The molecule has 2 amide bonds. The van der Waals surface area contributed by atoms with Gasteiger partial charge in [-0.05, 0) is 48.9 Å². The zero-order valence-electron chi connectivity index (χ0n) is 16.2. The molecule has 0 atom stereocenters. The highest BCUT2D eigenvalue weighted by atomic mass is 32.2. The average molecular weight is 404 g/mol. The largest absolute Gasteiger partial charge is 0.343 e. The number of sulfonamides is 1. The molecular weight excluding hydrogens is 378 g/mol. The Kier molecular flexibility index (Phi) is 7.31. The Morgan fingerprint density at radius 1 is 1.00 bits per heavy atom. The summed E-state index contributed by atoms with van der Waals surface area (Å²) in [4.78, 5) is 24.3. The SMILES string of the molecule is CCN(CC)S(=O)(=O)c1ccc(C(=O)NCC(=O)Nc2cccc(C)c2)cc1. The van der Waals surface area contributed by atoms with Crippen molar-refractivity contribution < 1.29 is 18.0 Å². The number of anilines is 1. The summed E-state index contributed by atoms with van der Waals surface area (Å²) in [6.45, 7) is 6.01. The van der Waals surface area contributed by atoms with Crippen molar-refractivity contribution in [2.24, 2.45) is 0 Å². The summed E-state index contributed by atoms with van der Waals surface area (Å²) in [5.74, 6) is -0.800. The van der Waals surface area contributed by atoms with Crippen LogP contribution in [0.3, 0.4) is 0 Å². The average Bonchev–Trinajstić information content (AvgIpc) is 2.67. The first-order chi connectivity index (χ1) is 13.3. The molecule has 2 N–H and O–H groups in total. The molecule has 0 bridgehead atoms. The lowest BCUT2D eigenvalue weighted by Gasteiger charge is -2.18. The minimum atomic E-state index is -3.57. The first-order valence-electron chi connectivity index (χ1n) is 9.02. The number of rotatable bonds is 8. The predicted octanol–water partition coefficient (Wildman–Crippen LogP) is 2.39. The predicted molar refractivity (Wildman–Crippen MR) is 109 cm³/mol. The van der Waals surface area contributed by atoms with E-state index in [0.29, 0.717) is 18.8 Å². The van der Waals surface area contributed by atoms with E-state index in [4.69, 9.17) is 0 Å². The van der Waals surface area contributed by atoms with Gasteiger partial charge in [-0.15, -0.1) is 0 Å². The summed E-state index contributed by atoms with van der Waals surface area (Å²) in [5, 5.41) is 5.23. The number of carbonyl (C=O) groups is 2. The fourth-order valence-electron chi connectivity index (χ4n) is 2.68. The van der Waals surface area contributed by atoms with E-state index in [1.807, 2.05) is 25.1 Å². The van der Waals surface area contributed by atoms with E-state index in [0.717, 1.165) is 5.56 Å². The number of aryl methyl sites for hydroxylation is 1. The lowest BCUT2D eigenvalue weighted by Crippen LogP contribution is -2.33. The molecule has 0 aliphatic heterocycles. The van der Waals surface area contributed by atoms with Crippen LogP contribution in [-0.2, 0) is 14.8 Å². The normalized spacial score (nSPS) is 11.3. The molecule has 7 nitrogen and oxygen atoms in total. The highest BCUT2D eigenvalue weighted by molar-refractivity contribution is 7.89. The van der Waals surface area contributed by atoms with Crippen molar-refractivity contribution in [2.75, 3.05) is 25.0 Å². The van der Waals surface area contributed by atoms with Crippen LogP contribution in [0.1, 0.15) is 29.8 Å². The molecule has 28 heavy (non-hydrogen) atoms. The number of nitrogens with zero attached hydrogens (tertiary/aromatic N) is 1. The number of hydrogen-bond donors (Lipinski definition) is 2. The van der Waals surface area contributed by atoms with Crippen LogP contribution < -0.4 is 10.6 Å². The number of amides is 2. The topological polar surface area (TPSA) is 95.6 Å². The van der Waals surface area contributed by atoms with Gasteiger partial charge in [0, 0.05) is 24.3 Å². The van der Waals surface area contributed by atoms with Gasteiger partial charge in [0.1, 0.15) is 0 Å². The Balaban J connectivity index is 1.97. The van der Waals surface area contributed by atoms with Crippen molar-refractivity contribution in [1.82, 2.24) is 9.62 Å². The molecule has 150 valence electrons. The van der Waals surface area contributed by atoms with Crippen molar-refractivity contribution in [3.63, 3.8) is 0 Å². The first kappa shape index (κ1) is 21.6. The van der Waals surface area contributed by atoms with Crippen molar-refractivity contribution in [2.45, 2.75) is 25.7 Å². The maximum atomic E-state index is 12.5. The van der Waals surface area contributed by atoms with Crippen LogP contribution in [0, 0.1) is 6.92 Å². The van der Waals surface area contributed by atoms with Crippen LogP contribution in [0.5, 0.6) is 0 Å². The second-order valence-corrected chi connectivity index (χ2v) is 8.15. The van der Waals surface area contributed by atoms with Crippen LogP contribution >= 0.6 is 0 Å². The molecule has 2 rings (SSSR count). The van der Waals surface area contributed by atoms with E-state index < -0.39 is 15.9 Å². The lowest BCUT2D eigenvalue weighted by molar-refractivity contribution is -0.115. The highest BCUT2D eigenvalue weighted by Gasteiger charge is 2.21. The van der Waals surface area contributed by atoms with E-state index in [-0.39, 0.29) is 22.9 Å². The minimum absolute atomic E-state index is 0.130. The third kappa shape index (κ3) is 5.40. The van der Waals surface area contributed by atoms with Crippen LogP contribution in [0.25, 0.3) is 0 Å². The molecule has 2 aromatic rings. The molecule has 0 aliphatic carbocycles. The number of nitrogens with one attached hydrogen (secondary N) is 2. The second-order valence-electron chi connectivity index (χ2n) is 6.21. The van der Waals surface area contributed by atoms with Gasteiger partial charge in [-0.1, -0.05) is 26.0 Å². The molecule has 2 aromatic carbocycles. The van der Waals surface area contributed by atoms with Crippen molar-refractivity contribution >= 4 is 27.5 Å². The van der Waals surface area contributed by atoms with Gasteiger partial charge in [0.15, 0.2) is 0 Å². The van der Waals surface area contributed by atoms with Gasteiger partial charge in [0.25, 0.3) is 5.91 Å². The van der Waals surface area contributed by atoms with Gasteiger partial charge in [-0.25, -0.2) is 8.42 Å². The summed E-state index contributed by atoms with van der Waals surface area (Å²) in [7, 11) is -3.57. The van der Waals surface area contributed by atoms with E-state index in [1.165, 1.54) is 28.6 Å². The number of benzene rings is 2. The summed E-state index contributed by atoms with van der Waals surface area (Å²) < 4.78 is 26.3. The van der Waals surface area contributed by atoms with Gasteiger partial charge in [0.2, 0.25) is 15.9 Å². The first-order valence-corrected chi connectivity index (χ1v) is 10.5. The van der Waals surface area contributed by atoms with Gasteiger partial charge >= 0.3 is 0 Å². The molecule has 0 spiro atoms. The van der Waals surface area contributed by atoms with Crippen LogP contribution in [0.2, 0.25) is 0 Å². The molecule has 0 unspecified atom stereocenters. The zero-order chi connectivity index (χ0) is 20.7. The number of hydrogen-bond acceptors (Lipinski definition) is 4.